The van der Waals surface area contributed by atoms with E-state index in [0.717, 1.165) is 17.7 Å². The fraction of sp³-hybridized carbons (Fsp3) is 0.310. The average molecular weight is 563 g/mol. The zero-order valence-electron chi connectivity index (χ0n) is 21.9. The van der Waals surface area contributed by atoms with Crippen LogP contribution in [0.25, 0.3) is 11.1 Å². The van der Waals surface area contributed by atoms with Crippen LogP contribution in [-0.2, 0) is 35.2 Å². The highest BCUT2D eigenvalue weighted by Crippen LogP contribution is 2.38. The van der Waals surface area contributed by atoms with Crippen LogP contribution in [0.4, 0.5) is 18.0 Å². The molecule has 1 N–H and O–H groups in total. The monoisotopic (exact) mass is 562 g/mol. The molecule has 0 atom stereocenters. The smallest absolute Gasteiger partial charge is 0.416 e. The standard InChI is InChI=1S/C29H30ClF3N2O4/c1-4-35(28(37)34-17-20-7-6-8-23(30)13-20)18-21-16-22(29(31,32)33)10-11-24(21)25-14-19(9-12-26(25)38-3)15-27(36)39-5-2/h6-14,16H,4-5,15,17-18H2,1-3H3,(H,34,37). The third-order valence-electron chi connectivity index (χ3n) is 6.00. The molecule has 0 bridgehead atoms. The van der Waals surface area contributed by atoms with Crippen LogP contribution >= 0.6 is 11.6 Å². The molecule has 0 saturated carbocycles. The molecule has 39 heavy (non-hydrogen) atoms. The molecule has 0 fully saturated rings. The molecule has 0 unspecified atom stereocenters. The maximum absolute atomic E-state index is 13.7. The van der Waals surface area contributed by atoms with Gasteiger partial charge in [-0.05, 0) is 72.5 Å². The Morgan fingerprint density at radius 3 is 2.38 bits per heavy atom. The summed E-state index contributed by atoms with van der Waals surface area (Å²) in [6.45, 7) is 4.04. The van der Waals surface area contributed by atoms with Crippen molar-refractivity contribution in [3.63, 3.8) is 0 Å². The molecule has 0 radical (unpaired) electrons. The molecule has 0 aliphatic rings. The van der Waals surface area contributed by atoms with Gasteiger partial charge in [0.15, 0.2) is 0 Å². The minimum Gasteiger partial charge on any atom is -0.496 e. The van der Waals surface area contributed by atoms with E-state index in [-0.39, 0.29) is 38.2 Å². The predicted octanol–water partition coefficient (Wildman–Crippen LogP) is 6.87. The SMILES string of the molecule is CCOC(=O)Cc1ccc(OC)c(-c2ccc(C(F)(F)F)cc2CN(CC)C(=O)NCc2cccc(Cl)c2)c1. The van der Waals surface area contributed by atoms with Crippen molar-refractivity contribution in [2.45, 2.75) is 39.5 Å². The van der Waals surface area contributed by atoms with E-state index >= 15 is 0 Å². The second-order valence-corrected chi connectivity index (χ2v) is 9.13. The van der Waals surface area contributed by atoms with Crippen molar-refractivity contribution in [2.24, 2.45) is 0 Å². The van der Waals surface area contributed by atoms with Crippen molar-refractivity contribution in [3.8, 4) is 16.9 Å². The molecule has 10 heteroatoms. The van der Waals surface area contributed by atoms with Gasteiger partial charge in [-0.1, -0.05) is 35.9 Å². The second-order valence-electron chi connectivity index (χ2n) is 8.69. The van der Waals surface area contributed by atoms with Gasteiger partial charge < -0.3 is 19.7 Å². The van der Waals surface area contributed by atoms with Gasteiger partial charge in [0.05, 0.1) is 25.7 Å². The van der Waals surface area contributed by atoms with Crippen LogP contribution in [0.2, 0.25) is 5.02 Å². The number of esters is 1. The van der Waals surface area contributed by atoms with Crippen molar-refractivity contribution in [3.05, 3.63) is 87.9 Å². The van der Waals surface area contributed by atoms with E-state index in [1.807, 2.05) is 6.07 Å². The molecular weight excluding hydrogens is 533 g/mol. The van der Waals surface area contributed by atoms with Crippen LogP contribution < -0.4 is 10.1 Å². The lowest BCUT2D eigenvalue weighted by Gasteiger charge is -2.24. The van der Waals surface area contributed by atoms with Gasteiger partial charge >= 0.3 is 18.2 Å². The van der Waals surface area contributed by atoms with E-state index < -0.39 is 23.7 Å². The van der Waals surface area contributed by atoms with E-state index in [1.165, 1.54) is 18.1 Å². The minimum atomic E-state index is -4.57. The van der Waals surface area contributed by atoms with Gasteiger partial charge in [-0.2, -0.15) is 13.2 Å². The van der Waals surface area contributed by atoms with E-state index in [1.54, 1.807) is 50.2 Å². The molecule has 2 amide bonds. The molecule has 208 valence electrons. The number of amides is 2. The van der Waals surface area contributed by atoms with Crippen LogP contribution in [-0.4, -0.2) is 37.2 Å². The molecule has 0 aromatic heterocycles. The number of benzene rings is 3. The number of ether oxygens (including phenoxy) is 2. The zero-order chi connectivity index (χ0) is 28.6. The third-order valence-corrected chi connectivity index (χ3v) is 6.24. The van der Waals surface area contributed by atoms with Gasteiger partial charge in [0.25, 0.3) is 0 Å². The third kappa shape index (κ3) is 8.13. The average Bonchev–Trinajstić information content (AvgIpc) is 2.90. The molecule has 3 rings (SSSR count). The van der Waals surface area contributed by atoms with Crippen LogP contribution in [0, 0.1) is 0 Å². The van der Waals surface area contributed by atoms with Gasteiger partial charge in [-0.15, -0.1) is 0 Å². The van der Waals surface area contributed by atoms with Crippen LogP contribution in [0.5, 0.6) is 5.75 Å². The summed E-state index contributed by atoms with van der Waals surface area (Å²) in [5, 5.41) is 3.33. The van der Waals surface area contributed by atoms with Gasteiger partial charge in [-0.25, -0.2) is 4.79 Å². The first kappa shape index (κ1) is 29.8. The van der Waals surface area contributed by atoms with Crippen molar-refractivity contribution in [1.29, 1.82) is 0 Å². The molecule has 3 aromatic carbocycles. The highest BCUT2D eigenvalue weighted by atomic mass is 35.5. The molecule has 0 aliphatic heterocycles. The van der Waals surface area contributed by atoms with Gasteiger partial charge in [-0.3, -0.25) is 4.79 Å². The lowest BCUT2D eigenvalue weighted by molar-refractivity contribution is -0.142. The highest BCUT2D eigenvalue weighted by molar-refractivity contribution is 6.30. The van der Waals surface area contributed by atoms with Gasteiger partial charge in [0.1, 0.15) is 5.75 Å². The summed E-state index contributed by atoms with van der Waals surface area (Å²) >= 11 is 6.01. The lowest BCUT2D eigenvalue weighted by atomic mass is 9.94. The largest absolute Gasteiger partial charge is 0.496 e. The molecular formula is C29H30ClF3N2O4. The molecule has 3 aromatic rings. The van der Waals surface area contributed by atoms with Crippen LogP contribution in [0.1, 0.15) is 36.1 Å². The topological polar surface area (TPSA) is 67.9 Å². The Hall–Kier alpha value is -3.72. The molecule has 0 aliphatic carbocycles. The lowest BCUT2D eigenvalue weighted by Crippen LogP contribution is -2.39. The first-order valence-corrected chi connectivity index (χ1v) is 12.7. The number of nitrogens with zero attached hydrogens (tertiary/aromatic N) is 1. The number of carbonyl (C=O) groups excluding carboxylic acids is 2. The summed E-state index contributed by atoms with van der Waals surface area (Å²) in [4.78, 5) is 26.5. The summed E-state index contributed by atoms with van der Waals surface area (Å²) in [6.07, 6.45) is -4.58. The number of alkyl halides is 3. The van der Waals surface area contributed by atoms with Crippen molar-refractivity contribution in [1.82, 2.24) is 10.2 Å². The molecule has 6 nitrogen and oxygen atoms in total. The number of hydrogen-bond donors (Lipinski definition) is 1. The number of halogens is 4. The molecule has 0 saturated heterocycles. The number of carbonyl (C=O) groups is 2. The minimum absolute atomic E-state index is 0.00616. The van der Waals surface area contributed by atoms with E-state index in [4.69, 9.17) is 21.1 Å². The zero-order valence-corrected chi connectivity index (χ0v) is 22.7. The van der Waals surface area contributed by atoms with E-state index in [2.05, 4.69) is 5.32 Å². The summed E-state index contributed by atoms with van der Waals surface area (Å²) in [5.41, 5.74) is 1.79. The number of methoxy groups -OCH3 is 1. The number of rotatable bonds is 10. The van der Waals surface area contributed by atoms with E-state index in [9.17, 15) is 22.8 Å². The fourth-order valence-electron chi connectivity index (χ4n) is 4.09. The van der Waals surface area contributed by atoms with Gasteiger partial charge in [0.2, 0.25) is 0 Å². The van der Waals surface area contributed by atoms with Crippen LogP contribution in [0.15, 0.2) is 60.7 Å². The first-order chi connectivity index (χ1) is 18.5. The Bertz CT molecular complexity index is 1310. The van der Waals surface area contributed by atoms with Crippen LogP contribution in [0.3, 0.4) is 0 Å². The Labute approximate surface area is 230 Å². The Kier molecular flexibility index (Phi) is 10.2. The maximum Gasteiger partial charge on any atom is 0.416 e. The van der Waals surface area contributed by atoms with Gasteiger partial charge in [0, 0.05) is 30.2 Å². The predicted molar refractivity (Wildman–Crippen MR) is 144 cm³/mol. The normalized spacial score (nSPS) is 11.2. The Balaban J connectivity index is 1.97. The van der Waals surface area contributed by atoms with Crippen molar-refractivity contribution < 1.29 is 32.2 Å². The van der Waals surface area contributed by atoms with Crippen molar-refractivity contribution in [2.75, 3.05) is 20.3 Å². The summed E-state index contributed by atoms with van der Waals surface area (Å²) in [7, 11) is 1.45. The first-order valence-electron chi connectivity index (χ1n) is 12.4. The summed E-state index contributed by atoms with van der Waals surface area (Å²) < 4.78 is 51.5. The van der Waals surface area contributed by atoms with E-state index in [0.29, 0.717) is 27.5 Å². The Morgan fingerprint density at radius 2 is 1.74 bits per heavy atom. The summed E-state index contributed by atoms with van der Waals surface area (Å²) in [5.74, 6) is -0.00753. The molecule has 0 spiro atoms. The second kappa shape index (κ2) is 13.4. The number of nitrogens with one attached hydrogen (secondary N) is 1. The maximum atomic E-state index is 13.7. The summed E-state index contributed by atoms with van der Waals surface area (Å²) in [6, 6.07) is 15.0. The number of hydrogen-bond acceptors (Lipinski definition) is 4. The fourth-order valence-corrected chi connectivity index (χ4v) is 4.30. The number of urea groups is 1. The van der Waals surface area contributed by atoms with Crippen molar-refractivity contribution >= 4 is 23.6 Å². The highest BCUT2D eigenvalue weighted by Gasteiger charge is 2.31. The Morgan fingerprint density at radius 1 is 0.974 bits per heavy atom. The quantitative estimate of drug-likeness (QED) is 0.274. The molecule has 0 heterocycles.